The Morgan fingerprint density at radius 1 is 1.25 bits per heavy atom. The summed E-state index contributed by atoms with van der Waals surface area (Å²) >= 11 is 0. The van der Waals surface area contributed by atoms with Gasteiger partial charge in [-0.2, -0.15) is 0 Å². The third-order valence-electron chi connectivity index (χ3n) is 3.26. The number of ether oxygens (including phenoxy) is 1. The van der Waals surface area contributed by atoms with Gasteiger partial charge in [0.25, 0.3) is 0 Å². The van der Waals surface area contributed by atoms with E-state index in [4.69, 9.17) is 4.74 Å². The first-order valence-electron chi connectivity index (χ1n) is 6.02. The third kappa shape index (κ3) is 1.97. The molecule has 0 aliphatic heterocycles. The van der Waals surface area contributed by atoms with Crippen LogP contribution in [0, 0.1) is 6.92 Å². The molecule has 16 heavy (non-hydrogen) atoms. The summed E-state index contributed by atoms with van der Waals surface area (Å²) in [4.78, 5) is 11.8. The molecule has 0 atom stereocenters. The second-order valence-corrected chi connectivity index (χ2v) is 4.31. The lowest BCUT2D eigenvalue weighted by Crippen LogP contribution is -2.14. The molecule has 0 aromatic heterocycles. The average Bonchev–Trinajstić information content (AvgIpc) is 2.30. The van der Waals surface area contributed by atoms with Crippen LogP contribution < -0.4 is 0 Å². The Labute approximate surface area is 96.6 Å². The zero-order valence-electron chi connectivity index (χ0n) is 10.0. The highest BCUT2D eigenvalue weighted by atomic mass is 16.5. The van der Waals surface area contributed by atoms with Gasteiger partial charge in [0, 0.05) is 0 Å². The van der Waals surface area contributed by atoms with Crippen LogP contribution in [0.1, 0.15) is 46.8 Å². The maximum Gasteiger partial charge on any atom is 0.338 e. The highest BCUT2D eigenvalue weighted by molar-refractivity contribution is 5.91. The number of fused-ring (bicyclic) bond motifs is 1. The number of aryl methyl sites for hydroxylation is 1. The van der Waals surface area contributed by atoms with E-state index >= 15 is 0 Å². The number of hydrogen-bond acceptors (Lipinski definition) is 2. The number of carbonyl (C=O) groups excluding carboxylic acids is 1. The zero-order chi connectivity index (χ0) is 11.5. The van der Waals surface area contributed by atoms with Gasteiger partial charge in [-0.1, -0.05) is 6.07 Å². The van der Waals surface area contributed by atoms with Gasteiger partial charge >= 0.3 is 5.97 Å². The number of esters is 1. The van der Waals surface area contributed by atoms with Crippen molar-refractivity contribution in [2.75, 3.05) is 6.61 Å². The summed E-state index contributed by atoms with van der Waals surface area (Å²) in [5, 5.41) is 0. The van der Waals surface area contributed by atoms with Crippen LogP contribution in [0.3, 0.4) is 0 Å². The summed E-state index contributed by atoms with van der Waals surface area (Å²) in [5.74, 6) is -0.166. The van der Waals surface area contributed by atoms with E-state index < -0.39 is 0 Å². The van der Waals surface area contributed by atoms with E-state index in [-0.39, 0.29) is 5.97 Å². The standard InChI is InChI=1S/C14H18O2/c1-3-16-14(15)13-9-8-10(2)11-6-4-5-7-12(11)13/h8-9H,3-7H2,1-2H3. The predicted octanol–water partition coefficient (Wildman–Crippen LogP) is 3.05. The van der Waals surface area contributed by atoms with Gasteiger partial charge in [-0.25, -0.2) is 4.79 Å². The summed E-state index contributed by atoms with van der Waals surface area (Å²) in [6.07, 6.45) is 4.54. The highest BCUT2D eigenvalue weighted by Gasteiger charge is 2.19. The fourth-order valence-corrected chi connectivity index (χ4v) is 2.45. The van der Waals surface area contributed by atoms with Crippen LogP contribution in [0.5, 0.6) is 0 Å². The summed E-state index contributed by atoms with van der Waals surface area (Å²) in [5.41, 5.74) is 4.69. The van der Waals surface area contributed by atoms with E-state index in [0.717, 1.165) is 18.4 Å². The van der Waals surface area contributed by atoms with Gasteiger partial charge in [0.05, 0.1) is 12.2 Å². The van der Waals surface area contributed by atoms with Crippen molar-refractivity contribution in [1.82, 2.24) is 0 Å². The number of benzene rings is 1. The van der Waals surface area contributed by atoms with Crippen LogP contribution >= 0.6 is 0 Å². The molecule has 0 bridgehead atoms. The summed E-state index contributed by atoms with van der Waals surface area (Å²) in [6, 6.07) is 3.95. The molecule has 2 heteroatoms. The fourth-order valence-electron chi connectivity index (χ4n) is 2.45. The second-order valence-electron chi connectivity index (χ2n) is 4.31. The second kappa shape index (κ2) is 4.69. The first kappa shape index (κ1) is 11.2. The van der Waals surface area contributed by atoms with Crippen LogP contribution in [0.15, 0.2) is 12.1 Å². The number of rotatable bonds is 2. The van der Waals surface area contributed by atoms with Crippen molar-refractivity contribution >= 4 is 5.97 Å². The molecule has 1 aromatic rings. The van der Waals surface area contributed by atoms with Crippen molar-refractivity contribution in [3.63, 3.8) is 0 Å². The van der Waals surface area contributed by atoms with Crippen LogP contribution in [-0.2, 0) is 17.6 Å². The molecule has 86 valence electrons. The van der Waals surface area contributed by atoms with Crippen molar-refractivity contribution in [3.8, 4) is 0 Å². The first-order valence-corrected chi connectivity index (χ1v) is 6.02. The molecular weight excluding hydrogens is 200 g/mol. The van der Waals surface area contributed by atoms with Gasteiger partial charge in [0.1, 0.15) is 0 Å². The predicted molar refractivity (Wildman–Crippen MR) is 63.8 cm³/mol. The average molecular weight is 218 g/mol. The van der Waals surface area contributed by atoms with E-state index in [1.807, 2.05) is 19.1 Å². The molecule has 0 heterocycles. The largest absolute Gasteiger partial charge is 0.462 e. The van der Waals surface area contributed by atoms with Crippen LogP contribution in [-0.4, -0.2) is 12.6 Å². The van der Waals surface area contributed by atoms with Crippen molar-refractivity contribution in [1.29, 1.82) is 0 Å². The van der Waals surface area contributed by atoms with Gasteiger partial charge in [0.2, 0.25) is 0 Å². The molecule has 1 aromatic carbocycles. The maximum absolute atomic E-state index is 11.8. The van der Waals surface area contributed by atoms with Gasteiger partial charge in [0.15, 0.2) is 0 Å². The Balaban J connectivity index is 2.42. The van der Waals surface area contributed by atoms with Crippen molar-refractivity contribution in [2.24, 2.45) is 0 Å². The minimum atomic E-state index is -0.166. The molecule has 0 N–H and O–H groups in total. The maximum atomic E-state index is 11.8. The number of carbonyl (C=O) groups is 1. The summed E-state index contributed by atoms with van der Waals surface area (Å²) < 4.78 is 5.09. The SMILES string of the molecule is CCOC(=O)c1ccc(C)c2c1CCCC2. The Morgan fingerprint density at radius 3 is 2.62 bits per heavy atom. The van der Waals surface area contributed by atoms with Gasteiger partial charge in [-0.05, 0) is 62.3 Å². The van der Waals surface area contributed by atoms with Crippen LogP contribution in [0.25, 0.3) is 0 Å². The van der Waals surface area contributed by atoms with E-state index in [0.29, 0.717) is 6.61 Å². The third-order valence-corrected chi connectivity index (χ3v) is 3.26. The fraction of sp³-hybridized carbons (Fsp3) is 0.500. The Morgan fingerprint density at radius 2 is 1.94 bits per heavy atom. The minimum absolute atomic E-state index is 0.166. The van der Waals surface area contributed by atoms with Crippen LogP contribution in [0.2, 0.25) is 0 Å². The molecule has 2 nitrogen and oxygen atoms in total. The first-order chi connectivity index (χ1) is 7.74. The molecule has 0 spiro atoms. The monoisotopic (exact) mass is 218 g/mol. The van der Waals surface area contributed by atoms with E-state index in [1.165, 1.54) is 29.5 Å². The molecule has 0 radical (unpaired) electrons. The smallest absolute Gasteiger partial charge is 0.338 e. The molecule has 1 aliphatic carbocycles. The lowest BCUT2D eigenvalue weighted by atomic mass is 9.85. The van der Waals surface area contributed by atoms with Crippen molar-refractivity contribution < 1.29 is 9.53 Å². The number of hydrogen-bond donors (Lipinski definition) is 0. The highest BCUT2D eigenvalue weighted by Crippen LogP contribution is 2.27. The molecule has 0 saturated heterocycles. The van der Waals surface area contributed by atoms with Gasteiger partial charge < -0.3 is 4.74 Å². The lowest BCUT2D eigenvalue weighted by Gasteiger charge is -2.20. The molecule has 2 rings (SSSR count). The van der Waals surface area contributed by atoms with Gasteiger partial charge in [-0.15, -0.1) is 0 Å². The van der Waals surface area contributed by atoms with E-state index in [9.17, 15) is 4.79 Å². The lowest BCUT2D eigenvalue weighted by molar-refractivity contribution is 0.0524. The molecular formula is C14H18O2. The minimum Gasteiger partial charge on any atom is -0.462 e. The summed E-state index contributed by atoms with van der Waals surface area (Å²) in [6.45, 7) is 4.42. The normalized spacial score (nSPS) is 14.4. The van der Waals surface area contributed by atoms with Crippen molar-refractivity contribution in [2.45, 2.75) is 39.5 Å². The Kier molecular flexibility index (Phi) is 3.28. The molecule has 0 unspecified atom stereocenters. The quantitative estimate of drug-likeness (QED) is 0.713. The van der Waals surface area contributed by atoms with E-state index in [1.54, 1.807) is 0 Å². The Hall–Kier alpha value is -1.31. The molecule has 0 saturated carbocycles. The zero-order valence-corrected chi connectivity index (χ0v) is 10.0. The van der Waals surface area contributed by atoms with Gasteiger partial charge in [-0.3, -0.25) is 0 Å². The molecule has 0 amide bonds. The molecule has 1 aliphatic rings. The van der Waals surface area contributed by atoms with E-state index in [2.05, 4.69) is 6.92 Å². The van der Waals surface area contributed by atoms with Crippen LogP contribution in [0.4, 0.5) is 0 Å². The molecule has 0 fully saturated rings. The topological polar surface area (TPSA) is 26.3 Å². The van der Waals surface area contributed by atoms with Crippen molar-refractivity contribution in [3.05, 3.63) is 34.4 Å². The Bertz CT molecular complexity index is 407. The summed E-state index contributed by atoms with van der Waals surface area (Å²) in [7, 11) is 0.